The predicted molar refractivity (Wildman–Crippen MR) is 78.5 cm³/mol. The summed E-state index contributed by atoms with van der Waals surface area (Å²) in [6.07, 6.45) is 6.83. The first-order valence-electron chi connectivity index (χ1n) is 6.63. The Hall–Kier alpha value is -2.18. The maximum absolute atomic E-state index is 13.5. The second-order valence-electron chi connectivity index (χ2n) is 4.89. The van der Waals surface area contributed by atoms with Crippen LogP contribution in [0, 0.1) is 11.3 Å². The molecular formula is C17H17FN2. The molecule has 0 fully saturated rings. The molecule has 1 aliphatic carbocycles. The number of benzene rings is 1. The summed E-state index contributed by atoms with van der Waals surface area (Å²) in [6.45, 7) is 3.90. The number of allylic oxidation sites excluding steroid dienone is 3. The maximum Gasteiger partial charge on any atom is 0.119 e. The van der Waals surface area contributed by atoms with Crippen LogP contribution >= 0.6 is 0 Å². The van der Waals surface area contributed by atoms with Crippen LogP contribution < -0.4 is 5.73 Å². The van der Waals surface area contributed by atoms with Crippen LogP contribution in [0.4, 0.5) is 4.39 Å². The zero-order chi connectivity index (χ0) is 14.5. The van der Waals surface area contributed by atoms with Crippen LogP contribution in [0.2, 0.25) is 0 Å². The van der Waals surface area contributed by atoms with Crippen molar-refractivity contribution in [3.8, 4) is 6.07 Å². The summed E-state index contributed by atoms with van der Waals surface area (Å²) >= 11 is 0. The second-order valence-corrected chi connectivity index (χ2v) is 4.89. The number of nitrogens with zero attached hydrogens (tertiary/aromatic N) is 1. The number of fused-ring (bicyclic) bond motifs is 1. The van der Waals surface area contributed by atoms with E-state index in [9.17, 15) is 4.39 Å². The van der Waals surface area contributed by atoms with E-state index in [-0.39, 0.29) is 11.9 Å². The third-order valence-corrected chi connectivity index (χ3v) is 3.45. The molecule has 3 heteroatoms. The third-order valence-electron chi connectivity index (χ3n) is 3.45. The molecule has 0 radical (unpaired) electrons. The molecule has 1 aromatic rings. The van der Waals surface area contributed by atoms with E-state index in [2.05, 4.69) is 12.6 Å². The van der Waals surface area contributed by atoms with Crippen molar-refractivity contribution in [2.24, 2.45) is 5.73 Å². The summed E-state index contributed by atoms with van der Waals surface area (Å²) in [5.41, 5.74) is 9.47. The smallest absolute Gasteiger partial charge is 0.119 e. The van der Waals surface area contributed by atoms with Gasteiger partial charge in [0.2, 0.25) is 0 Å². The number of hydrogen-bond acceptors (Lipinski definition) is 2. The Bertz CT molecular complexity index is 620. The molecule has 0 bridgehead atoms. The number of nitriles is 1. The molecule has 0 saturated carbocycles. The molecule has 0 amide bonds. The Balaban J connectivity index is 2.43. The average Bonchev–Trinajstić information content (AvgIpc) is 2.49. The normalized spacial score (nSPS) is 23.8. The number of nitrogens with two attached hydrogens (primary N) is 1. The van der Waals surface area contributed by atoms with E-state index in [0.717, 1.165) is 24.0 Å². The van der Waals surface area contributed by atoms with Gasteiger partial charge in [-0.05, 0) is 60.2 Å². The number of rotatable bonds is 0. The summed E-state index contributed by atoms with van der Waals surface area (Å²) in [6, 6.07) is 7.26. The number of halogens is 1. The molecular weight excluding hydrogens is 251 g/mol. The lowest BCUT2D eigenvalue weighted by Gasteiger charge is -2.17. The average molecular weight is 268 g/mol. The van der Waals surface area contributed by atoms with Crippen molar-refractivity contribution in [3.05, 3.63) is 71.1 Å². The highest BCUT2D eigenvalue weighted by atomic mass is 19.1. The first kappa shape index (κ1) is 14.2. The van der Waals surface area contributed by atoms with Gasteiger partial charge in [-0.25, -0.2) is 4.39 Å². The summed E-state index contributed by atoms with van der Waals surface area (Å²) < 4.78 is 13.5. The topological polar surface area (TPSA) is 49.8 Å². The van der Waals surface area contributed by atoms with Crippen LogP contribution in [0.25, 0.3) is 0 Å². The van der Waals surface area contributed by atoms with E-state index >= 15 is 0 Å². The molecule has 2 rings (SSSR count). The van der Waals surface area contributed by atoms with Gasteiger partial charge in [0.25, 0.3) is 0 Å². The fourth-order valence-electron chi connectivity index (χ4n) is 2.29. The summed E-state index contributed by atoms with van der Waals surface area (Å²) in [7, 11) is 0. The van der Waals surface area contributed by atoms with Crippen LogP contribution in [0.1, 0.15) is 35.6 Å². The largest absolute Gasteiger partial charge is 0.320 e. The highest BCUT2D eigenvalue weighted by molar-refractivity contribution is 5.44. The molecule has 1 aromatic carbocycles. The van der Waals surface area contributed by atoms with E-state index in [1.54, 1.807) is 18.2 Å². The number of aryl methyl sites for hydroxylation is 1. The van der Waals surface area contributed by atoms with Gasteiger partial charge in [0.05, 0.1) is 17.7 Å². The minimum absolute atomic E-state index is 0.262. The van der Waals surface area contributed by atoms with Crippen molar-refractivity contribution >= 4 is 0 Å². The number of hydrogen-bond donors (Lipinski definition) is 1. The van der Waals surface area contributed by atoms with Gasteiger partial charge in [0.15, 0.2) is 0 Å². The van der Waals surface area contributed by atoms with Crippen LogP contribution in [-0.4, -0.2) is 0 Å². The van der Waals surface area contributed by atoms with Crippen LogP contribution in [0.5, 0.6) is 0 Å². The van der Waals surface area contributed by atoms with Crippen LogP contribution in [0.3, 0.4) is 0 Å². The first-order chi connectivity index (χ1) is 9.61. The highest BCUT2D eigenvalue weighted by Gasteiger charge is 2.14. The van der Waals surface area contributed by atoms with Crippen molar-refractivity contribution in [1.82, 2.24) is 0 Å². The van der Waals surface area contributed by atoms with Gasteiger partial charge >= 0.3 is 0 Å². The van der Waals surface area contributed by atoms with E-state index in [0.29, 0.717) is 17.6 Å². The SMILES string of the molecule is C=C1/C=C\C(F)=C/CCCc2cc(C#N)ccc2C1N. The van der Waals surface area contributed by atoms with Gasteiger partial charge in [-0.3, -0.25) is 0 Å². The molecule has 2 nitrogen and oxygen atoms in total. The molecule has 0 aliphatic heterocycles. The van der Waals surface area contributed by atoms with Gasteiger partial charge in [-0.1, -0.05) is 18.7 Å². The third kappa shape index (κ3) is 3.23. The first-order valence-corrected chi connectivity index (χ1v) is 6.63. The molecule has 2 N–H and O–H groups in total. The second kappa shape index (κ2) is 6.31. The standard InChI is InChI=1S/C17H17FN2/c1-12-6-8-15(18)5-3-2-4-14-10-13(11-19)7-9-16(14)17(12)20/h5-10,17H,1-4,20H2/b8-6-,15-5+. The predicted octanol–water partition coefficient (Wildman–Crippen LogP) is 3.86. The molecule has 102 valence electrons. The van der Waals surface area contributed by atoms with Gasteiger partial charge in [-0.15, -0.1) is 0 Å². The van der Waals surface area contributed by atoms with E-state index in [1.165, 1.54) is 6.08 Å². The van der Waals surface area contributed by atoms with Crippen molar-refractivity contribution in [2.45, 2.75) is 25.3 Å². The molecule has 1 atom stereocenters. The summed E-state index contributed by atoms with van der Waals surface area (Å²) in [5.74, 6) is -0.262. The fourth-order valence-corrected chi connectivity index (χ4v) is 2.29. The fraction of sp³-hybridized carbons (Fsp3) is 0.235. The lowest BCUT2D eigenvalue weighted by atomic mass is 9.92. The minimum Gasteiger partial charge on any atom is -0.320 e. The molecule has 0 saturated heterocycles. The molecule has 20 heavy (non-hydrogen) atoms. The van der Waals surface area contributed by atoms with Gasteiger partial charge in [0.1, 0.15) is 5.83 Å². The van der Waals surface area contributed by atoms with Gasteiger partial charge < -0.3 is 5.73 Å². The Kier molecular flexibility index (Phi) is 4.49. The van der Waals surface area contributed by atoms with Gasteiger partial charge in [0, 0.05) is 0 Å². The van der Waals surface area contributed by atoms with Crippen LogP contribution in [0.15, 0.2) is 54.4 Å². The molecule has 1 unspecified atom stereocenters. The van der Waals surface area contributed by atoms with Crippen LogP contribution in [-0.2, 0) is 6.42 Å². The Morgan fingerprint density at radius 3 is 2.90 bits per heavy atom. The monoisotopic (exact) mass is 268 g/mol. The maximum atomic E-state index is 13.5. The quantitative estimate of drug-likeness (QED) is 0.776. The summed E-state index contributed by atoms with van der Waals surface area (Å²) in [5, 5.41) is 8.99. The van der Waals surface area contributed by atoms with E-state index < -0.39 is 0 Å². The van der Waals surface area contributed by atoms with Crippen molar-refractivity contribution in [2.75, 3.05) is 0 Å². The zero-order valence-corrected chi connectivity index (χ0v) is 11.3. The van der Waals surface area contributed by atoms with Crippen molar-refractivity contribution in [3.63, 3.8) is 0 Å². The molecule has 0 heterocycles. The molecule has 1 aliphatic rings. The molecule has 0 aromatic heterocycles. The van der Waals surface area contributed by atoms with Crippen molar-refractivity contribution in [1.29, 1.82) is 5.26 Å². The zero-order valence-electron chi connectivity index (χ0n) is 11.3. The van der Waals surface area contributed by atoms with Crippen molar-refractivity contribution < 1.29 is 4.39 Å². The molecule has 0 spiro atoms. The minimum atomic E-state index is -0.375. The van der Waals surface area contributed by atoms with Gasteiger partial charge in [-0.2, -0.15) is 5.26 Å². The Morgan fingerprint density at radius 1 is 1.35 bits per heavy atom. The van der Waals surface area contributed by atoms with E-state index in [1.807, 2.05) is 12.1 Å². The Morgan fingerprint density at radius 2 is 2.15 bits per heavy atom. The van der Waals surface area contributed by atoms with E-state index in [4.69, 9.17) is 11.0 Å². The summed E-state index contributed by atoms with van der Waals surface area (Å²) in [4.78, 5) is 0. The lowest BCUT2D eigenvalue weighted by Crippen LogP contribution is -2.14. The Labute approximate surface area is 118 Å². The highest BCUT2D eigenvalue weighted by Crippen LogP contribution is 2.26. The lowest BCUT2D eigenvalue weighted by molar-refractivity contribution is 0.655.